The van der Waals surface area contributed by atoms with E-state index in [0.717, 1.165) is 0 Å². The Morgan fingerprint density at radius 3 is 2.53 bits per heavy atom. The van der Waals surface area contributed by atoms with E-state index in [1.807, 2.05) is 12.1 Å². The van der Waals surface area contributed by atoms with Crippen molar-refractivity contribution in [3.8, 4) is 5.75 Å². The lowest BCUT2D eigenvalue weighted by molar-refractivity contribution is 0.472. The van der Waals surface area contributed by atoms with Crippen molar-refractivity contribution >= 4 is 0 Å². The van der Waals surface area contributed by atoms with Crippen LogP contribution >= 0.6 is 0 Å². The summed E-state index contributed by atoms with van der Waals surface area (Å²) in [5.74, 6) is 0.885. The molecule has 15 heavy (non-hydrogen) atoms. The number of rotatable bonds is 6. The van der Waals surface area contributed by atoms with Gasteiger partial charge >= 0.3 is 0 Å². The fourth-order valence-corrected chi connectivity index (χ4v) is 1.96. The third-order valence-electron chi connectivity index (χ3n) is 2.84. The molecule has 1 aromatic carbocycles. The lowest BCUT2D eigenvalue weighted by atomic mass is 9.90. The van der Waals surface area contributed by atoms with Crippen molar-refractivity contribution in [2.75, 3.05) is 0 Å². The predicted molar refractivity (Wildman–Crippen MR) is 64.1 cm³/mol. The van der Waals surface area contributed by atoms with Gasteiger partial charge in [0.2, 0.25) is 0 Å². The number of hydrogen-bond donors (Lipinski definition) is 1. The van der Waals surface area contributed by atoms with Crippen LogP contribution in [-0.4, -0.2) is 5.11 Å². The van der Waals surface area contributed by atoms with Gasteiger partial charge in [-0.2, -0.15) is 0 Å². The first-order valence-electron chi connectivity index (χ1n) is 5.98. The van der Waals surface area contributed by atoms with Crippen LogP contribution in [0.25, 0.3) is 0 Å². The Morgan fingerprint density at radius 2 is 2.00 bits per heavy atom. The van der Waals surface area contributed by atoms with Crippen molar-refractivity contribution in [3.05, 3.63) is 29.8 Å². The summed E-state index contributed by atoms with van der Waals surface area (Å²) in [5, 5.41) is 9.19. The van der Waals surface area contributed by atoms with Gasteiger partial charge in [-0.1, -0.05) is 39.2 Å². The topological polar surface area (TPSA) is 20.2 Å². The SMILES string of the molecule is CCCCC(CCC)c1c[c]c(O)cc1. The molecule has 0 bridgehead atoms. The first kappa shape index (κ1) is 12.1. The molecule has 1 atom stereocenters. The Hall–Kier alpha value is -0.980. The van der Waals surface area contributed by atoms with Crippen molar-refractivity contribution in [3.63, 3.8) is 0 Å². The molecule has 0 aromatic heterocycles. The Kier molecular flexibility index (Phi) is 5.23. The molecule has 1 heteroatoms. The third-order valence-corrected chi connectivity index (χ3v) is 2.84. The molecule has 0 saturated heterocycles. The van der Waals surface area contributed by atoms with Crippen LogP contribution in [-0.2, 0) is 0 Å². The molecule has 0 aliphatic rings. The third kappa shape index (κ3) is 3.94. The monoisotopic (exact) mass is 205 g/mol. The lowest BCUT2D eigenvalue weighted by Gasteiger charge is -2.16. The smallest absolute Gasteiger partial charge is 0.123 e. The van der Waals surface area contributed by atoms with E-state index in [0.29, 0.717) is 5.92 Å². The van der Waals surface area contributed by atoms with Gasteiger partial charge in [-0.05, 0) is 36.5 Å². The van der Waals surface area contributed by atoms with Crippen LogP contribution in [0, 0.1) is 6.07 Å². The largest absolute Gasteiger partial charge is 0.507 e. The van der Waals surface area contributed by atoms with E-state index < -0.39 is 0 Å². The summed E-state index contributed by atoms with van der Waals surface area (Å²) in [6.45, 7) is 4.45. The summed E-state index contributed by atoms with van der Waals surface area (Å²) in [5.41, 5.74) is 1.32. The van der Waals surface area contributed by atoms with Crippen molar-refractivity contribution in [2.45, 2.75) is 51.9 Å². The number of hydrogen-bond acceptors (Lipinski definition) is 1. The van der Waals surface area contributed by atoms with E-state index in [1.165, 1.54) is 37.7 Å². The highest BCUT2D eigenvalue weighted by molar-refractivity contribution is 5.27. The van der Waals surface area contributed by atoms with Crippen LogP contribution in [0.2, 0.25) is 0 Å². The standard InChI is InChI=1S/C14H21O/c1-3-5-7-12(6-4-2)13-8-10-14(15)11-9-13/h8-10,12,15H,3-7H2,1-2H3. The predicted octanol–water partition coefficient (Wildman–Crippen LogP) is 4.27. The average Bonchev–Trinajstić information content (AvgIpc) is 2.25. The van der Waals surface area contributed by atoms with E-state index in [2.05, 4.69) is 19.9 Å². The molecule has 0 amide bonds. The zero-order chi connectivity index (χ0) is 11.1. The number of phenols is 1. The maximum absolute atomic E-state index is 9.19. The molecule has 1 unspecified atom stereocenters. The molecule has 1 radical (unpaired) electrons. The number of phenolic OH excluding ortho intramolecular Hbond substituents is 1. The highest BCUT2D eigenvalue weighted by atomic mass is 16.3. The minimum absolute atomic E-state index is 0.240. The zero-order valence-corrected chi connectivity index (χ0v) is 9.79. The van der Waals surface area contributed by atoms with E-state index in [9.17, 15) is 5.11 Å². The second-order valence-corrected chi connectivity index (χ2v) is 4.14. The molecule has 1 N–H and O–H groups in total. The number of unbranched alkanes of at least 4 members (excludes halogenated alkanes) is 1. The molecule has 0 spiro atoms. The maximum Gasteiger partial charge on any atom is 0.123 e. The molecular formula is C14H21O. The highest BCUT2D eigenvalue weighted by Gasteiger charge is 2.09. The van der Waals surface area contributed by atoms with E-state index in [-0.39, 0.29) is 5.75 Å². The van der Waals surface area contributed by atoms with Gasteiger partial charge in [-0.3, -0.25) is 0 Å². The summed E-state index contributed by atoms with van der Waals surface area (Å²) in [6.07, 6.45) is 6.24. The molecule has 0 heterocycles. The van der Waals surface area contributed by atoms with Gasteiger partial charge in [-0.15, -0.1) is 0 Å². The van der Waals surface area contributed by atoms with Crippen molar-refractivity contribution in [1.29, 1.82) is 0 Å². The Bertz CT molecular complexity index is 263. The van der Waals surface area contributed by atoms with Gasteiger partial charge in [0.25, 0.3) is 0 Å². The summed E-state index contributed by atoms with van der Waals surface area (Å²) < 4.78 is 0. The van der Waals surface area contributed by atoms with Gasteiger partial charge in [0.1, 0.15) is 5.75 Å². The molecule has 1 aromatic rings. The zero-order valence-electron chi connectivity index (χ0n) is 9.79. The van der Waals surface area contributed by atoms with Crippen LogP contribution in [0.4, 0.5) is 0 Å². The van der Waals surface area contributed by atoms with Gasteiger partial charge in [0.05, 0.1) is 0 Å². The lowest BCUT2D eigenvalue weighted by Crippen LogP contribution is -1.98. The van der Waals surface area contributed by atoms with Crippen molar-refractivity contribution in [1.82, 2.24) is 0 Å². The molecule has 0 aliphatic heterocycles. The summed E-state index contributed by atoms with van der Waals surface area (Å²) >= 11 is 0. The molecule has 0 fully saturated rings. The summed E-state index contributed by atoms with van der Waals surface area (Å²) in [4.78, 5) is 0. The van der Waals surface area contributed by atoms with E-state index in [4.69, 9.17) is 0 Å². The fourth-order valence-electron chi connectivity index (χ4n) is 1.96. The first-order chi connectivity index (χ1) is 7.27. The van der Waals surface area contributed by atoms with Gasteiger partial charge < -0.3 is 5.11 Å². The van der Waals surface area contributed by atoms with Gasteiger partial charge in [0.15, 0.2) is 0 Å². The maximum atomic E-state index is 9.19. The molecule has 1 nitrogen and oxygen atoms in total. The minimum Gasteiger partial charge on any atom is -0.507 e. The van der Waals surface area contributed by atoms with Crippen LogP contribution < -0.4 is 0 Å². The van der Waals surface area contributed by atoms with E-state index >= 15 is 0 Å². The van der Waals surface area contributed by atoms with Crippen LogP contribution in [0.5, 0.6) is 5.75 Å². The van der Waals surface area contributed by atoms with Crippen LogP contribution in [0.3, 0.4) is 0 Å². The number of aromatic hydroxyl groups is 1. The average molecular weight is 205 g/mol. The van der Waals surface area contributed by atoms with Gasteiger partial charge in [-0.25, -0.2) is 0 Å². The molecule has 1 rings (SSSR count). The van der Waals surface area contributed by atoms with E-state index in [1.54, 1.807) is 6.07 Å². The molecular weight excluding hydrogens is 184 g/mol. The normalized spacial score (nSPS) is 12.7. The van der Waals surface area contributed by atoms with Crippen molar-refractivity contribution < 1.29 is 5.11 Å². The second-order valence-electron chi connectivity index (χ2n) is 4.14. The quantitative estimate of drug-likeness (QED) is 0.735. The minimum atomic E-state index is 0.240. The molecule has 83 valence electrons. The summed E-state index contributed by atoms with van der Waals surface area (Å²) in [7, 11) is 0. The Labute approximate surface area is 93.1 Å². The number of benzene rings is 1. The first-order valence-corrected chi connectivity index (χ1v) is 5.98. The van der Waals surface area contributed by atoms with Crippen molar-refractivity contribution in [2.24, 2.45) is 0 Å². The second kappa shape index (κ2) is 6.49. The fraction of sp³-hybridized carbons (Fsp3) is 0.571. The van der Waals surface area contributed by atoms with Crippen LogP contribution in [0.15, 0.2) is 18.2 Å². The Morgan fingerprint density at radius 1 is 1.20 bits per heavy atom. The van der Waals surface area contributed by atoms with Gasteiger partial charge in [0, 0.05) is 6.07 Å². The van der Waals surface area contributed by atoms with Crippen LogP contribution in [0.1, 0.15) is 57.4 Å². The summed E-state index contributed by atoms with van der Waals surface area (Å²) in [6, 6.07) is 8.58. The Balaban J connectivity index is 2.65. The molecule has 0 aliphatic carbocycles. The molecule has 0 saturated carbocycles. The highest BCUT2D eigenvalue weighted by Crippen LogP contribution is 2.27.